The van der Waals surface area contributed by atoms with Crippen molar-refractivity contribution in [2.45, 2.75) is 53.9 Å². The second-order valence-electron chi connectivity index (χ2n) is 5.49. The molecular weight excluding hydrogens is 168 g/mol. The van der Waals surface area contributed by atoms with Crippen molar-refractivity contribution < 1.29 is 0 Å². The molecule has 0 aromatic carbocycles. The first-order valence-corrected chi connectivity index (χ1v) is 5.85. The van der Waals surface area contributed by atoms with Gasteiger partial charge in [-0.25, -0.2) is 0 Å². The number of rotatable bonds is 2. The van der Waals surface area contributed by atoms with Crippen LogP contribution in [0.3, 0.4) is 0 Å². The van der Waals surface area contributed by atoms with Crippen molar-refractivity contribution in [3.8, 4) is 0 Å². The molecule has 0 heteroatoms. The van der Waals surface area contributed by atoms with E-state index in [2.05, 4.69) is 46.8 Å². The average molecular weight is 192 g/mol. The van der Waals surface area contributed by atoms with Gasteiger partial charge in [-0.2, -0.15) is 0 Å². The lowest BCUT2D eigenvalue weighted by atomic mass is 9.78. The molecule has 0 radical (unpaired) electrons. The number of hydrogen-bond acceptors (Lipinski definition) is 0. The Morgan fingerprint density at radius 1 is 1.21 bits per heavy atom. The molecular formula is C14H24. The van der Waals surface area contributed by atoms with E-state index >= 15 is 0 Å². The van der Waals surface area contributed by atoms with Crippen molar-refractivity contribution >= 4 is 0 Å². The molecule has 0 heterocycles. The summed E-state index contributed by atoms with van der Waals surface area (Å²) in [7, 11) is 0. The minimum Gasteiger partial charge on any atom is -0.0671 e. The highest BCUT2D eigenvalue weighted by molar-refractivity contribution is 5.28. The third-order valence-corrected chi connectivity index (χ3v) is 3.39. The van der Waals surface area contributed by atoms with Crippen molar-refractivity contribution in [2.75, 3.05) is 0 Å². The third kappa shape index (κ3) is 2.73. The van der Waals surface area contributed by atoms with Crippen LogP contribution in [0.15, 0.2) is 23.3 Å². The first-order chi connectivity index (χ1) is 6.45. The molecule has 1 aliphatic rings. The van der Waals surface area contributed by atoms with Crippen LogP contribution in [0.25, 0.3) is 0 Å². The van der Waals surface area contributed by atoms with Crippen LogP contribution in [0.5, 0.6) is 0 Å². The van der Waals surface area contributed by atoms with Gasteiger partial charge in [0.2, 0.25) is 0 Å². The molecule has 0 aliphatic heterocycles. The van der Waals surface area contributed by atoms with Gasteiger partial charge in [-0.1, -0.05) is 57.9 Å². The second kappa shape index (κ2) is 4.33. The molecule has 0 nitrogen and oxygen atoms in total. The maximum absolute atomic E-state index is 2.36. The van der Waals surface area contributed by atoms with Gasteiger partial charge in [-0.05, 0) is 30.6 Å². The van der Waals surface area contributed by atoms with Crippen LogP contribution in [0.1, 0.15) is 53.9 Å². The maximum atomic E-state index is 2.36. The predicted octanol–water partition coefficient (Wildman–Crippen LogP) is 4.73. The minimum atomic E-state index is 0.359. The van der Waals surface area contributed by atoms with Crippen molar-refractivity contribution in [1.82, 2.24) is 0 Å². The zero-order chi connectivity index (χ0) is 10.8. The predicted molar refractivity (Wildman–Crippen MR) is 64.3 cm³/mol. The molecule has 14 heavy (non-hydrogen) atoms. The molecule has 1 unspecified atom stereocenters. The Balaban J connectivity index is 2.74. The van der Waals surface area contributed by atoms with Crippen LogP contribution in [0.2, 0.25) is 0 Å². The molecule has 1 aliphatic carbocycles. The molecule has 0 saturated carbocycles. The van der Waals surface area contributed by atoms with E-state index in [1.54, 1.807) is 11.1 Å². The molecule has 0 fully saturated rings. The lowest BCUT2D eigenvalue weighted by molar-refractivity contribution is 0.473. The summed E-state index contributed by atoms with van der Waals surface area (Å²) in [6, 6.07) is 0. The SMILES string of the molecule is CCC(C)C1=CC=C(C(C)(C)C)CC1. The second-order valence-corrected chi connectivity index (χ2v) is 5.49. The fraction of sp³-hybridized carbons (Fsp3) is 0.714. The number of allylic oxidation sites excluding steroid dienone is 4. The summed E-state index contributed by atoms with van der Waals surface area (Å²) in [5, 5.41) is 0. The van der Waals surface area contributed by atoms with E-state index in [1.807, 2.05) is 0 Å². The Kier molecular flexibility index (Phi) is 3.58. The van der Waals surface area contributed by atoms with Crippen molar-refractivity contribution in [3.05, 3.63) is 23.3 Å². The fourth-order valence-corrected chi connectivity index (χ4v) is 1.95. The summed E-state index contributed by atoms with van der Waals surface area (Å²) in [6.45, 7) is 11.5. The molecule has 0 aromatic rings. The Morgan fingerprint density at radius 2 is 1.86 bits per heavy atom. The number of hydrogen-bond donors (Lipinski definition) is 0. The average Bonchev–Trinajstić information content (AvgIpc) is 2.15. The van der Waals surface area contributed by atoms with Gasteiger partial charge in [0, 0.05) is 0 Å². The molecule has 80 valence electrons. The van der Waals surface area contributed by atoms with E-state index in [4.69, 9.17) is 0 Å². The Bertz CT molecular complexity index is 248. The lowest BCUT2D eigenvalue weighted by Gasteiger charge is -2.27. The molecule has 0 spiro atoms. The van der Waals surface area contributed by atoms with Crippen LogP contribution in [-0.4, -0.2) is 0 Å². The minimum absolute atomic E-state index is 0.359. The lowest BCUT2D eigenvalue weighted by Crippen LogP contribution is -2.12. The van der Waals surface area contributed by atoms with E-state index in [0.29, 0.717) is 5.41 Å². The topological polar surface area (TPSA) is 0 Å². The van der Waals surface area contributed by atoms with Gasteiger partial charge in [-0.3, -0.25) is 0 Å². The fourth-order valence-electron chi connectivity index (χ4n) is 1.95. The molecule has 1 rings (SSSR count). The van der Waals surface area contributed by atoms with E-state index in [9.17, 15) is 0 Å². The highest BCUT2D eigenvalue weighted by Crippen LogP contribution is 2.35. The van der Waals surface area contributed by atoms with Crippen LogP contribution in [0, 0.1) is 11.3 Å². The van der Waals surface area contributed by atoms with Gasteiger partial charge in [0.05, 0.1) is 0 Å². The summed E-state index contributed by atoms with van der Waals surface area (Å²) >= 11 is 0. The van der Waals surface area contributed by atoms with Crippen molar-refractivity contribution in [3.63, 3.8) is 0 Å². The largest absolute Gasteiger partial charge is 0.0671 e. The Labute approximate surface area is 89.1 Å². The Hall–Kier alpha value is -0.520. The van der Waals surface area contributed by atoms with Gasteiger partial charge >= 0.3 is 0 Å². The van der Waals surface area contributed by atoms with Crippen LogP contribution >= 0.6 is 0 Å². The standard InChI is InChI=1S/C14H24/c1-6-11(2)12-7-9-13(10-8-12)14(3,4)5/h7,9,11H,6,8,10H2,1-5H3. The summed E-state index contributed by atoms with van der Waals surface area (Å²) in [4.78, 5) is 0. The van der Waals surface area contributed by atoms with E-state index < -0.39 is 0 Å². The molecule has 0 saturated heterocycles. The van der Waals surface area contributed by atoms with Crippen molar-refractivity contribution in [2.24, 2.45) is 11.3 Å². The van der Waals surface area contributed by atoms with Crippen molar-refractivity contribution in [1.29, 1.82) is 0 Å². The molecule has 0 bridgehead atoms. The summed E-state index contributed by atoms with van der Waals surface area (Å²) in [6.07, 6.45) is 8.52. The van der Waals surface area contributed by atoms with E-state index in [-0.39, 0.29) is 0 Å². The Morgan fingerprint density at radius 3 is 2.21 bits per heavy atom. The smallest absolute Gasteiger partial charge is 0.0170 e. The van der Waals surface area contributed by atoms with Crippen LogP contribution < -0.4 is 0 Å². The zero-order valence-electron chi connectivity index (χ0n) is 10.4. The highest BCUT2D eigenvalue weighted by Gasteiger charge is 2.19. The monoisotopic (exact) mass is 192 g/mol. The first-order valence-electron chi connectivity index (χ1n) is 5.85. The van der Waals surface area contributed by atoms with Crippen LogP contribution in [0.4, 0.5) is 0 Å². The first kappa shape index (κ1) is 11.6. The molecule has 0 aromatic heterocycles. The normalized spacial score (nSPS) is 20.1. The molecule has 0 amide bonds. The molecule has 0 N–H and O–H groups in total. The summed E-state index contributed by atoms with van der Waals surface area (Å²) < 4.78 is 0. The third-order valence-electron chi connectivity index (χ3n) is 3.39. The van der Waals surface area contributed by atoms with Gasteiger partial charge in [-0.15, -0.1) is 0 Å². The van der Waals surface area contributed by atoms with E-state index in [0.717, 1.165) is 5.92 Å². The zero-order valence-corrected chi connectivity index (χ0v) is 10.4. The van der Waals surface area contributed by atoms with E-state index in [1.165, 1.54) is 19.3 Å². The molecule has 1 atom stereocenters. The summed E-state index contributed by atoms with van der Waals surface area (Å²) in [5.41, 5.74) is 3.60. The maximum Gasteiger partial charge on any atom is -0.0170 e. The van der Waals surface area contributed by atoms with Crippen LogP contribution in [-0.2, 0) is 0 Å². The van der Waals surface area contributed by atoms with Gasteiger partial charge in [0.15, 0.2) is 0 Å². The highest BCUT2D eigenvalue weighted by atomic mass is 14.2. The quantitative estimate of drug-likeness (QED) is 0.593. The van der Waals surface area contributed by atoms with Gasteiger partial charge in [0.1, 0.15) is 0 Å². The van der Waals surface area contributed by atoms with Gasteiger partial charge in [0.25, 0.3) is 0 Å². The van der Waals surface area contributed by atoms with Gasteiger partial charge < -0.3 is 0 Å². The summed E-state index contributed by atoms with van der Waals surface area (Å²) in [5.74, 6) is 0.771.